The third-order valence-electron chi connectivity index (χ3n) is 2.94. The number of hydrogen-bond acceptors (Lipinski definition) is 6. The summed E-state index contributed by atoms with van der Waals surface area (Å²) in [6.45, 7) is 1.39. The van der Waals surface area contributed by atoms with Crippen LogP contribution in [0.4, 0.5) is 11.6 Å². The summed E-state index contributed by atoms with van der Waals surface area (Å²) in [5, 5.41) is 13.1. The quantitative estimate of drug-likeness (QED) is 0.377. The molecule has 2 aromatic rings. The molecule has 0 atom stereocenters. The van der Waals surface area contributed by atoms with Crippen LogP contribution in [0.25, 0.3) is 6.08 Å². The first-order valence-electron chi connectivity index (χ1n) is 6.90. The van der Waals surface area contributed by atoms with Crippen molar-refractivity contribution in [3.05, 3.63) is 63.9 Å². The van der Waals surface area contributed by atoms with E-state index in [1.807, 2.05) is 19.1 Å². The Balaban J connectivity index is 1.82. The minimum Gasteiger partial charge on any atom is -0.452 e. The Hall–Kier alpha value is -3.42. The molecule has 0 radical (unpaired) electrons. The lowest BCUT2D eigenvalue weighted by Crippen LogP contribution is -2.20. The van der Waals surface area contributed by atoms with Gasteiger partial charge in [0.15, 0.2) is 6.61 Å². The zero-order chi connectivity index (χ0) is 17.5. The standard InChI is InChI=1S/C16H14N2O6/c1-11-4-2-3-5-13(11)17-14(19)10-23-16(20)9-7-12-6-8-15(24-12)18(21)22/h2-9H,10H2,1H3,(H,17,19)/b9-7+. The first-order chi connectivity index (χ1) is 11.5. The zero-order valence-electron chi connectivity index (χ0n) is 12.7. The molecule has 0 unspecified atom stereocenters. The van der Waals surface area contributed by atoms with E-state index in [1.54, 1.807) is 12.1 Å². The lowest BCUT2D eigenvalue weighted by Gasteiger charge is -2.07. The summed E-state index contributed by atoms with van der Waals surface area (Å²) >= 11 is 0. The molecule has 0 fully saturated rings. The summed E-state index contributed by atoms with van der Waals surface area (Å²) in [5.74, 6) is -1.54. The maximum absolute atomic E-state index is 11.7. The first kappa shape index (κ1) is 16.9. The second-order valence-corrected chi connectivity index (χ2v) is 4.74. The van der Waals surface area contributed by atoms with E-state index < -0.39 is 29.3 Å². The van der Waals surface area contributed by atoms with Crippen LogP contribution in [0.2, 0.25) is 0 Å². The number of carbonyl (C=O) groups excluding carboxylic acids is 2. The fourth-order valence-corrected chi connectivity index (χ4v) is 1.76. The maximum atomic E-state index is 11.7. The van der Waals surface area contributed by atoms with Gasteiger partial charge in [-0.25, -0.2) is 4.79 Å². The molecule has 0 saturated carbocycles. The third kappa shape index (κ3) is 4.80. The summed E-state index contributed by atoms with van der Waals surface area (Å²) in [7, 11) is 0. The molecular weight excluding hydrogens is 316 g/mol. The average molecular weight is 330 g/mol. The molecule has 8 nitrogen and oxygen atoms in total. The van der Waals surface area contributed by atoms with Crippen molar-refractivity contribution >= 4 is 29.5 Å². The highest BCUT2D eigenvalue weighted by Gasteiger charge is 2.11. The monoisotopic (exact) mass is 330 g/mol. The maximum Gasteiger partial charge on any atom is 0.433 e. The van der Waals surface area contributed by atoms with Crippen molar-refractivity contribution in [1.29, 1.82) is 0 Å². The van der Waals surface area contributed by atoms with Crippen LogP contribution in [0.3, 0.4) is 0 Å². The molecule has 1 aromatic carbocycles. The Labute approximate surface area is 136 Å². The molecule has 1 heterocycles. The van der Waals surface area contributed by atoms with Crippen molar-refractivity contribution in [2.75, 3.05) is 11.9 Å². The second-order valence-electron chi connectivity index (χ2n) is 4.74. The van der Waals surface area contributed by atoms with Gasteiger partial charge in [-0.3, -0.25) is 14.9 Å². The number of benzene rings is 1. The van der Waals surface area contributed by atoms with Crippen LogP contribution in [0.15, 0.2) is 46.9 Å². The van der Waals surface area contributed by atoms with Gasteiger partial charge in [-0.15, -0.1) is 0 Å². The number of nitrogens with one attached hydrogen (secondary N) is 1. The van der Waals surface area contributed by atoms with Gasteiger partial charge in [0.05, 0.1) is 6.07 Å². The summed E-state index contributed by atoms with van der Waals surface area (Å²) in [6, 6.07) is 9.70. The number of hydrogen-bond donors (Lipinski definition) is 1. The number of para-hydroxylation sites is 1. The molecule has 24 heavy (non-hydrogen) atoms. The van der Waals surface area contributed by atoms with Crippen LogP contribution >= 0.6 is 0 Å². The van der Waals surface area contributed by atoms with Crippen LogP contribution in [0.1, 0.15) is 11.3 Å². The van der Waals surface area contributed by atoms with Crippen LogP contribution in [0.5, 0.6) is 0 Å². The van der Waals surface area contributed by atoms with E-state index in [9.17, 15) is 19.7 Å². The van der Waals surface area contributed by atoms with Crippen molar-refractivity contribution in [2.45, 2.75) is 6.92 Å². The highest BCUT2D eigenvalue weighted by Crippen LogP contribution is 2.16. The Kier molecular flexibility index (Phi) is 5.45. The van der Waals surface area contributed by atoms with E-state index in [0.29, 0.717) is 5.69 Å². The SMILES string of the molecule is Cc1ccccc1NC(=O)COC(=O)/C=C/c1ccc([N+](=O)[O-])o1. The highest BCUT2D eigenvalue weighted by molar-refractivity contribution is 5.95. The molecule has 0 bridgehead atoms. The lowest BCUT2D eigenvalue weighted by atomic mass is 10.2. The van der Waals surface area contributed by atoms with Gasteiger partial charge in [-0.2, -0.15) is 0 Å². The van der Waals surface area contributed by atoms with Crippen molar-refractivity contribution in [1.82, 2.24) is 0 Å². The van der Waals surface area contributed by atoms with Gasteiger partial charge in [-0.1, -0.05) is 18.2 Å². The molecule has 124 valence electrons. The minimum absolute atomic E-state index is 0.128. The normalized spacial score (nSPS) is 10.5. The van der Waals surface area contributed by atoms with Crippen LogP contribution < -0.4 is 5.32 Å². The van der Waals surface area contributed by atoms with Gasteiger partial charge < -0.3 is 14.5 Å². The second kappa shape index (κ2) is 7.73. The van der Waals surface area contributed by atoms with E-state index in [1.165, 1.54) is 18.2 Å². The molecule has 1 aromatic heterocycles. The highest BCUT2D eigenvalue weighted by atomic mass is 16.6. The fraction of sp³-hybridized carbons (Fsp3) is 0.125. The predicted octanol–water partition coefficient (Wildman–Crippen LogP) is 2.69. The lowest BCUT2D eigenvalue weighted by molar-refractivity contribution is -0.402. The Morgan fingerprint density at radius 1 is 1.29 bits per heavy atom. The summed E-state index contributed by atoms with van der Waals surface area (Å²) < 4.78 is 9.62. The molecule has 0 aliphatic heterocycles. The minimum atomic E-state index is -0.769. The number of nitrogens with zero attached hydrogens (tertiary/aromatic N) is 1. The topological polar surface area (TPSA) is 112 Å². The number of carbonyl (C=O) groups is 2. The molecule has 0 aliphatic rings. The average Bonchev–Trinajstić information content (AvgIpc) is 3.02. The van der Waals surface area contributed by atoms with Crippen molar-refractivity contribution < 1.29 is 23.7 Å². The molecule has 0 saturated heterocycles. The van der Waals surface area contributed by atoms with Crippen molar-refractivity contribution in [3.63, 3.8) is 0 Å². The number of amides is 1. The Bertz CT molecular complexity index is 793. The van der Waals surface area contributed by atoms with Crippen LogP contribution in [-0.4, -0.2) is 23.4 Å². The van der Waals surface area contributed by atoms with Crippen molar-refractivity contribution in [3.8, 4) is 0 Å². The third-order valence-corrected chi connectivity index (χ3v) is 2.94. The van der Waals surface area contributed by atoms with E-state index in [0.717, 1.165) is 11.6 Å². The van der Waals surface area contributed by atoms with Gasteiger partial charge in [-0.05, 0) is 30.7 Å². The van der Waals surface area contributed by atoms with E-state index in [4.69, 9.17) is 9.15 Å². The number of aryl methyl sites for hydroxylation is 1. The smallest absolute Gasteiger partial charge is 0.433 e. The largest absolute Gasteiger partial charge is 0.452 e. The van der Waals surface area contributed by atoms with Gasteiger partial charge in [0.1, 0.15) is 10.7 Å². The number of rotatable bonds is 6. The number of furan rings is 1. The van der Waals surface area contributed by atoms with Crippen molar-refractivity contribution in [2.24, 2.45) is 0 Å². The van der Waals surface area contributed by atoms with Gasteiger partial charge in [0, 0.05) is 11.8 Å². The molecule has 0 spiro atoms. The molecule has 0 aliphatic carbocycles. The number of nitro groups is 1. The zero-order valence-corrected chi connectivity index (χ0v) is 12.7. The molecule has 1 N–H and O–H groups in total. The van der Waals surface area contributed by atoms with Gasteiger partial charge in [0.25, 0.3) is 5.91 Å². The Morgan fingerprint density at radius 2 is 2.04 bits per heavy atom. The first-order valence-corrected chi connectivity index (χ1v) is 6.90. The van der Waals surface area contributed by atoms with Gasteiger partial charge >= 0.3 is 11.9 Å². The van der Waals surface area contributed by atoms with Crippen LogP contribution in [-0.2, 0) is 14.3 Å². The summed E-state index contributed by atoms with van der Waals surface area (Å²) in [4.78, 5) is 33.0. The molecule has 2 rings (SSSR count). The van der Waals surface area contributed by atoms with Gasteiger partial charge in [0.2, 0.25) is 0 Å². The molecule has 1 amide bonds. The fourth-order valence-electron chi connectivity index (χ4n) is 1.76. The number of anilines is 1. The van der Waals surface area contributed by atoms with E-state index >= 15 is 0 Å². The number of ether oxygens (including phenoxy) is 1. The Morgan fingerprint density at radius 3 is 2.71 bits per heavy atom. The van der Waals surface area contributed by atoms with Crippen LogP contribution in [0, 0.1) is 17.0 Å². The molecule has 8 heteroatoms. The number of esters is 1. The summed E-state index contributed by atoms with van der Waals surface area (Å²) in [5.41, 5.74) is 1.52. The summed E-state index contributed by atoms with van der Waals surface area (Å²) in [6.07, 6.45) is 2.23. The van der Waals surface area contributed by atoms with E-state index in [-0.39, 0.29) is 5.76 Å². The predicted molar refractivity (Wildman–Crippen MR) is 85.2 cm³/mol. The van der Waals surface area contributed by atoms with E-state index in [2.05, 4.69) is 5.32 Å². The molecular formula is C16H14N2O6.